The molecular formula is C16H24N6O. The van der Waals surface area contributed by atoms with Crippen molar-refractivity contribution < 1.29 is 4.79 Å². The summed E-state index contributed by atoms with van der Waals surface area (Å²) in [5.74, 6) is -0.337. The molecule has 23 heavy (non-hydrogen) atoms. The lowest BCUT2D eigenvalue weighted by molar-refractivity contribution is 0.0950. The summed E-state index contributed by atoms with van der Waals surface area (Å²) in [6.07, 6.45) is 5.14. The fourth-order valence-electron chi connectivity index (χ4n) is 2.37. The Morgan fingerprint density at radius 3 is 2.83 bits per heavy atom. The third kappa shape index (κ3) is 4.28. The first-order chi connectivity index (χ1) is 11.0. The molecule has 0 saturated carbocycles. The summed E-state index contributed by atoms with van der Waals surface area (Å²) in [6, 6.07) is 1.67. The molecule has 7 nitrogen and oxygen atoms in total. The number of unbranched alkanes of at least 4 members (excludes halogenated alkanes) is 2. The normalized spacial score (nSPS) is 11.3. The van der Waals surface area contributed by atoms with E-state index in [4.69, 9.17) is 0 Å². The first-order valence-corrected chi connectivity index (χ1v) is 7.92. The Morgan fingerprint density at radius 1 is 1.39 bits per heavy atom. The number of rotatable bonds is 7. The zero-order valence-electron chi connectivity index (χ0n) is 14.2. The molecule has 0 spiro atoms. The Kier molecular flexibility index (Phi) is 5.67. The van der Waals surface area contributed by atoms with Crippen LogP contribution in [-0.4, -0.2) is 32.1 Å². The summed E-state index contributed by atoms with van der Waals surface area (Å²) in [4.78, 5) is 11.9. The number of hydrogen-bond acceptors (Lipinski definition) is 4. The summed E-state index contributed by atoms with van der Waals surface area (Å²) in [5.41, 5.74) is 6.56. The highest BCUT2D eigenvalue weighted by Gasteiger charge is 2.10. The Bertz CT molecular complexity index is 697. The van der Waals surface area contributed by atoms with E-state index in [0.29, 0.717) is 5.69 Å². The van der Waals surface area contributed by atoms with Crippen molar-refractivity contribution in [1.82, 2.24) is 25.4 Å². The first-order valence-electron chi connectivity index (χ1n) is 7.92. The Labute approximate surface area is 136 Å². The Balaban J connectivity index is 2.00. The van der Waals surface area contributed by atoms with Crippen LogP contribution in [0.25, 0.3) is 0 Å². The molecule has 0 radical (unpaired) electrons. The van der Waals surface area contributed by atoms with E-state index in [2.05, 4.69) is 32.7 Å². The quantitative estimate of drug-likeness (QED) is 0.467. The predicted octanol–water partition coefficient (Wildman–Crippen LogP) is 2.49. The van der Waals surface area contributed by atoms with E-state index in [1.165, 1.54) is 12.8 Å². The minimum Gasteiger partial charge on any atom is -0.282 e. The molecule has 2 heterocycles. The summed E-state index contributed by atoms with van der Waals surface area (Å²) in [6.45, 7) is 8.90. The Hall–Kier alpha value is -2.44. The van der Waals surface area contributed by atoms with Gasteiger partial charge in [-0.1, -0.05) is 19.8 Å². The van der Waals surface area contributed by atoms with Gasteiger partial charge in [-0.2, -0.15) is 15.3 Å². The van der Waals surface area contributed by atoms with Crippen LogP contribution >= 0.6 is 0 Å². The molecule has 0 aliphatic heterocycles. The molecule has 7 heteroatoms. The van der Waals surface area contributed by atoms with Gasteiger partial charge in [0.05, 0.1) is 11.9 Å². The summed E-state index contributed by atoms with van der Waals surface area (Å²) < 4.78 is 2.01. The van der Waals surface area contributed by atoms with Crippen LogP contribution in [0.5, 0.6) is 0 Å². The maximum Gasteiger partial charge on any atom is 0.291 e. The number of hydrogen-bond donors (Lipinski definition) is 2. The van der Waals surface area contributed by atoms with Crippen molar-refractivity contribution in [3.8, 4) is 0 Å². The maximum atomic E-state index is 11.9. The van der Waals surface area contributed by atoms with E-state index in [1.807, 2.05) is 25.5 Å². The predicted molar refractivity (Wildman–Crippen MR) is 89.6 cm³/mol. The molecule has 124 valence electrons. The Morgan fingerprint density at radius 2 is 2.17 bits per heavy atom. The molecule has 0 aliphatic rings. The molecule has 2 aromatic rings. The minimum absolute atomic E-state index is 0.323. The molecule has 0 bridgehead atoms. The standard InChI is InChI=1S/C16H24N6O/c1-5-6-7-8-22-13(4)14(12(3)21-22)10-17-20-16(23)15-9-11(2)18-19-15/h9-10H,5-8H2,1-4H3,(H,18,19)(H,20,23)/b17-10-. The van der Waals surface area contributed by atoms with Gasteiger partial charge in [0.25, 0.3) is 5.91 Å². The fraction of sp³-hybridized carbons (Fsp3) is 0.500. The van der Waals surface area contributed by atoms with Gasteiger partial charge in [-0.05, 0) is 33.3 Å². The molecule has 0 saturated heterocycles. The second-order valence-electron chi connectivity index (χ2n) is 5.65. The van der Waals surface area contributed by atoms with E-state index in [1.54, 1.807) is 12.3 Å². The second-order valence-corrected chi connectivity index (χ2v) is 5.65. The average molecular weight is 316 g/mol. The van der Waals surface area contributed by atoms with Gasteiger partial charge in [0.15, 0.2) is 5.69 Å². The molecule has 2 aromatic heterocycles. The third-order valence-electron chi connectivity index (χ3n) is 3.71. The van der Waals surface area contributed by atoms with Crippen molar-refractivity contribution in [1.29, 1.82) is 0 Å². The monoisotopic (exact) mass is 316 g/mol. The lowest BCUT2D eigenvalue weighted by Crippen LogP contribution is -2.18. The largest absolute Gasteiger partial charge is 0.291 e. The third-order valence-corrected chi connectivity index (χ3v) is 3.71. The zero-order valence-corrected chi connectivity index (χ0v) is 14.2. The van der Waals surface area contributed by atoms with E-state index in [-0.39, 0.29) is 5.91 Å². The molecule has 2 rings (SSSR count). The molecule has 0 unspecified atom stereocenters. The number of amides is 1. The topological polar surface area (TPSA) is 88.0 Å². The van der Waals surface area contributed by atoms with Gasteiger partial charge in [-0.15, -0.1) is 0 Å². The van der Waals surface area contributed by atoms with E-state index in [9.17, 15) is 4.79 Å². The van der Waals surface area contributed by atoms with E-state index >= 15 is 0 Å². The molecule has 0 aromatic carbocycles. The van der Waals surface area contributed by atoms with Crippen molar-refractivity contribution in [2.75, 3.05) is 0 Å². The summed E-state index contributed by atoms with van der Waals surface area (Å²) in [7, 11) is 0. The van der Waals surface area contributed by atoms with Crippen molar-refractivity contribution >= 4 is 12.1 Å². The van der Waals surface area contributed by atoms with Crippen molar-refractivity contribution in [2.45, 2.75) is 53.5 Å². The van der Waals surface area contributed by atoms with Crippen LogP contribution in [0, 0.1) is 20.8 Å². The minimum atomic E-state index is -0.337. The van der Waals surface area contributed by atoms with Crippen LogP contribution in [0.1, 0.15) is 59.3 Å². The SMILES string of the molecule is CCCCCn1nc(C)c(/C=N\NC(=O)c2cc(C)[nH]n2)c1C. The van der Waals surface area contributed by atoms with E-state index in [0.717, 1.165) is 35.6 Å². The smallest absolute Gasteiger partial charge is 0.282 e. The van der Waals surface area contributed by atoms with Crippen molar-refractivity contribution in [3.63, 3.8) is 0 Å². The first kappa shape index (κ1) is 16.9. The maximum absolute atomic E-state index is 11.9. The van der Waals surface area contributed by atoms with Crippen LogP contribution in [-0.2, 0) is 6.54 Å². The number of hydrazone groups is 1. The second kappa shape index (κ2) is 7.71. The number of H-pyrrole nitrogens is 1. The van der Waals surface area contributed by atoms with Gasteiger partial charge >= 0.3 is 0 Å². The number of aromatic nitrogens is 4. The number of carbonyl (C=O) groups excluding carboxylic acids is 1. The number of aryl methyl sites for hydroxylation is 3. The lowest BCUT2D eigenvalue weighted by atomic mass is 10.2. The van der Waals surface area contributed by atoms with Crippen LogP contribution in [0.2, 0.25) is 0 Å². The highest BCUT2D eigenvalue weighted by atomic mass is 16.2. The molecule has 0 atom stereocenters. The molecule has 2 N–H and O–H groups in total. The fourth-order valence-corrected chi connectivity index (χ4v) is 2.37. The highest BCUT2D eigenvalue weighted by molar-refractivity contribution is 5.93. The van der Waals surface area contributed by atoms with Gasteiger partial charge in [-0.3, -0.25) is 14.6 Å². The molecule has 0 aliphatic carbocycles. The number of nitrogens with zero attached hydrogens (tertiary/aromatic N) is 4. The molecule has 1 amide bonds. The van der Waals surface area contributed by atoms with Crippen LogP contribution in [0.4, 0.5) is 0 Å². The summed E-state index contributed by atoms with van der Waals surface area (Å²) >= 11 is 0. The lowest BCUT2D eigenvalue weighted by Gasteiger charge is -2.03. The van der Waals surface area contributed by atoms with Crippen LogP contribution < -0.4 is 5.43 Å². The van der Waals surface area contributed by atoms with Crippen LogP contribution in [0.3, 0.4) is 0 Å². The van der Waals surface area contributed by atoms with Gasteiger partial charge < -0.3 is 0 Å². The highest BCUT2D eigenvalue weighted by Crippen LogP contribution is 2.12. The van der Waals surface area contributed by atoms with E-state index < -0.39 is 0 Å². The number of nitrogens with one attached hydrogen (secondary N) is 2. The van der Waals surface area contributed by atoms with Crippen molar-refractivity contribution in [3.05, 3.63) is 34.4 Å². The average Bonchev–Trinajstić information content (AvgIpc) is 3.06. The van der Waals surface area contributed by atoms with Gasteiger partial charge in [0, 0.05) is 23.5 Å². The number of aromatic amines is 1. The molecular weight excluding hydrogens is 292 g/mol. The van der Waals surface area contributed by atoms with Gasteiger partial charge in [0.2, 0.25) is 0 Å². The van der Waals surface area contributed by atoms with Gasteiger partial charge in [-0.25, -0.2) is 5.43 Å². The number of carbonyl (C=O) groups is 1. The van der Waals surface area contributed by atoms with Gasteiger partial charge in [0.1, 0.15) is 0 Å². The summed E-state index contributed by atoms with van der Waals surface area (Å²) in [5, 5.41) is 15.2. The molecule has 0 fully saturated rings. The van der Waals surface area contributed by atoms with Crippen LogP contribution in [0.15, 0.2) is 11.2 Å². The van der Waals surface area contributed by atoms with Crippen molar-refractivity contribution in [2.24, 2.45) is 5.10 Å². The zero-order chi connectivity index (χ0) is 16.8.